The van der Waals surface area contributed by atoms with Crippen LogP contribution in [-0.4, -0.2) is 58.5 Å². The zero-order chi connectivity index (χ0) is 24.2. The summed E-state index contributed by atoms with van der Waals surface area (Å²) in [6, 6.07) is 4.04. The number of hydrogen-bond donors (Lipinski definition) is 2. The van der Waals surface area contributed by atoms with E-state index in [1.54, 1.807) is 0 Å². The number of piperazine rings is 1. The van der Waals surface area contributed by atoms with Crippen molar-refractivity contribution in [3.8, 4) is 0 Å². The van der Waals surface area contributed by atoms with Crippen molar-refractivity contribution in [1.82, 2.24) is 9.80 Å². The molecule has 188 valence electrons. The first-order chi connectivity index (χ1) is 16.3. The molecule has 1 aromatic rings. The molecule has 2 aliphatic carbocycles. The number of carbonyl (C=O) groups is 2. The van der Waals surface area contributed by atoms with Crippen molar-refractivity contribution in [2.45, 2.75) is 90.3 Å². The summed E-state index contributed by atoms with van der Waals surface area (Å²) in [5.41, 5.74) is 2.95. The molecule has 1 aliphatic heterocycles. The number of carbonyl (C=O) groups excluding carboxylic acids is 2. The Hall–Kier alpha value is -1.63. The number of nitrogens with zero attached hydrogens (tertiary/aromatic N) is 2. The molecule has 7 heteroatoms. The Kier molecular flexibility index (Phi) is 8.54. The van der Waals surface area contributed by atoms with Crippen LogP contribution in [0.4, 0.5) is 5.69 Å². The van der Waals surface area contributed by atoms with Gasteiger partial charge in [-0.1, -0.05) is 24.4 Å². The number of halogens is 1. The van der Waals surface area contributed by atoms with Gasteiger partial charge >= 0.3 is 0 Å². The number of benzene rings is 1. The predicted octanol–water partition coefficient (Wildman–Crippen LogP) is 4.75. The Morgan fingerprint density at radius 2 is 1.79 bits per heavy atom. The van der Waals surface area contributed by atoms with Crippen LogP contribution in [0.1, 0.15) is 75.8 Å². The van der Waals surface area contributed by atoms with E-state index in [2.05, 4.69) is 22.0 Å². The van der Waals surface area contributed by atoms with E-state index in [0.29, 0.717) is 23.3 Å². The third kappa shape index (κ3) is 6.32. The maximum Gasteiger partial charge on any atom is 0.226 e. The SMILES string of the molecule is Cc1c(CN2CCN(C(=O)C3CCCC3)[C@@H](C)C2)cc(Cl)cc1NC(=O)C[C@H]1CC[C@@H](O)CC1. The summed E-state index contributed by atoms with van der Waals surface area (Å²) in [7, 11) is 0. The molecule has 0 aromatic heterocycles. The van der Waals surface area contributed by atoms with Gasteiger partial charge in [0.2, 0.25) is 11.8 Å². The normalized spacial score (nSPS) is 26.6. The van der Waals surface area contributed by atoms with Gasteiger partial charge in [0.25, 0.3) is 0 Å². The second-order valence-corrected chi connectivity index (χ2v) is 11.2. The van der Waals surface area contributed by atoms with Crippen LogP contribution in [-0.2, 0) is 16.1 Å². The summed E-state index contributed by atoms with van der Waals surface area (Å²) >= 11 is 6.45. The van der Waals surface area contributed by atoms with Crippen LogP contribution in [0.3, 0.4) is 0 Å². The molecular weight excluding hydrogens is 450 g/mol. The Labute approximate surface area is 209 Å². The van der Waals surface area contributed by atoms with Gasteiger partial charge in [-0.05, 0) is 81.5 Å². The Balaban J connectivity index is 1.34. The van der Waals surface area contributed by atoms with E-state index in [4.69, 9.17) is 11.6 Å². The average molecular weight is 490 g/mol. The highest BCUT2D eigenvalue weighted by Gasteiger charge is 2.33. The van der Waals surface area contributed by atoms with Crippen molar-refractivity contribution in [3.63, 3.8) is 0 Å². The standard InChI is InChI=1S/C27H40ClN3O3/c1-18-16-30(11-12-31(18)27(34)21-5-3-4-6-21)17-22-14-23(28)15-25(19(22)2)29-26(33)13-20-7-9-24(32)10-8-20/h14-15,18,20-21,24,32H,3-13,16-17H2,1-2H3,(H,29,33)/t18-,20-,24+/m0/s1. The van der Waals surface area contributed by atoms with Gasteiger partial charge in [-0.2, -0.15) is 0 Å². The summed E-state index contributed by atoms with van der Waals surface area (Å²) in [6.07, 6.45) is 8.12. The first-order valence-corrected chi connectivity index (χ1v) is 13.5. The summed E-state index contributed by atoms with van der Waals surface area (Å²) in [5.74, 6) is 0.938. The monoisotopic (exact) mass is 489 g/mol. The third-order valence-electron chi connectivity index (χ3n) is 8.14. The van der Waals surface area contributed by atoms with E-state index < -0.39 is 0 Å². The summed E-state index contributed by atoms with van der Waals surface area (Å²) in [4.78, 5) is 30.1. The molecule has 0 radical (unpaired) electrons. The van der Waals surface area contributed by atoms with Crippen molar-refractivity contribution < 1.29 is 14.7 Å². The molecule has 0 unspecified atom stereocenters. The predicted molar refractivity (Wildman–Crippen MR) is 136 cm³/mol. The highest BCUT2D eigenvalue weighted by Crippen LogP contribution is 2.31. The van der Waals surface area contributed by atoms with Gasteiger partial charge in [0.15, 0.2) is 0 Å². The van der Waals surface area contributed by atoms with Crippen LogP contribution in [0.15, 0.2) is 12.1 Å². The molecule has 1 aromatic carbocycles. The van der Waals surface area contributed by atoms with Gasteiger partial charge in [0, 0.05) is 55.3 Å². The number of anilines is 1. The third-order valence-corrected chi connectivity index (χ3v) is 8.36. The Morgan fingerprint density at radius 1 is 1.09 bits per heavy atom. The molecule has 2 N–H and O–H groups in total. The lowest BCUT2D eigenvalue weighted by atomic mass is 9.85. The van der Waals surface area contributed by atoms with Crippen LogP contribution in [0, 0.1) is 18.8 Å². The van der Waals surface area contributed by atoms with Gasteiger partial charge in [0.1, 0.15) is 0 Å². The minimum Gasteiger partial charge on any atom is -0.393 e. The van der Waals surface area contributed by atoms with Crippen molar-refractivity contribution in [3.05, 3.63) is 28.3 Å². The van der Waals surface area contributed by atoms with E-state index in [0.717, 1.165) is 81.5 Å². The largest absolute Gasteiger partial charge is 0.393 e. The minimum absolute atomic E-state index is 0.0189. The van der Waals surface area contributed by atoms with Gasteiger partial charge in [-0.25, -0.2) is 0 Å². The molecule has 6 nitrogen and oxygen atoms in total. The molecule has 4 rings (SSSR count). The number of hydrogen-bond acceptors (Lipinski definition) is 4. The second kappa shape index (κ2) is 11.4. The number of rotatable bonds is 6. The Bertz CT molecular complexity index is 878. The molecule has 1 atom stereocenters. The van der Waals surface area contributed by atoms with Crippen molar-refractivity contribution in [1.29, 1.82) is 0 Å². The molecule has 0 spiro atoms. The molecule has 2 amide bonds. The van der Waals surface area contributed by atoms with E-state index in [1.807, 2.05) is 19.1 Å². The maximum absolute atomic E-state index is 12.9. The van der Waals surface area contributed by atoms with Gasteiger partial charge < -0.3 is 15.3 Å². The number of aliphatic hydroxyl groups excluding tert-OH is 1. The van der Waals surface area contributed by atoms with Crippen LogP contribution < -0.4 is 5.32 Å². The molecule has 34 heavy (non-hydrogen) atoms. The van der Waals surface area contributed by atoms with Crippen LogP contribution in [0.2, 0.25) is 5.02 Å². The van der Waals surface area contributed by atoms with Crippen LogP contribution >= 0.6 is 11.6 Å². The Morgan fingerprint density at radius 3 is 2.47 bits per heavy atom. The molecule has 2 saturated carbocycles. The topological polar surface area (TPSA) is 72.9 Å². The van der Waals surface area contributed by atoms with E-state index >= 15 is 0 Å². The first kappa shape index (κ1) is 25.5. The molecule has 1 saturated heterocycles. The highest BCUT2D eigenvalue weighted by molar-refractivity contribution is 6.31. The fourth-order valence-corrected chi connectivity index (χ4v) is 6.24. The quantitative estimate of drug-likeness (QED) is 0.604. The van der Waals surface area contributed by atoms with Crippen LogP contribution in [0.25, 0.3) is 0 Å². The van der Waals surface area contributed by atoms with Gasteiger partial charge in [0.05, 0.1) is 6.10 Å². The van der Waals surface area contributed by atoms with Gasteiger partial charge in [-0.15, -0.1) is 0 Å². The fraction of sp³-hybridized carbons (Fsp3) is 0.704. The van der Waals surface area contributed by atoms with Crippen molar-refractivity contribution in [2.75, 3.05) is 25.0 Å². The van der Waals surface area contributed by atoms with Crippen molar-refractivity contribution >= 4 is 29.1 Å². The summed E-state index contributed by atoms with van der Waals surface area (Å²) < 4.78 is 0. The fourth-order valence-electron chi connectivity index (χ4n) is 5.99. The van der Waals surface area contributed by atoms with E-state index in [-0.39, 0.29) is 24.0 Å². The second-order valence-electron chi connectivity index (χ2n) is 10.8. The lowest BCUT2D eigenvalue weighted by Crippen LogP contribution is -2.54. The van der Waals surface area contributed by atoms with Crippen LogP contribution in [0.5, 0.6) is 0 Å². The number of nitrogens with one attached hydrogen (secondary N) is 1. The minimum atomic E-state index is -0.206. The van der Waals surface area contributed by atoms with Crippen molar-refractivity contribution in [2.24, 2.45) is 11.8 Å². The molecule has 1 heterocycles. The summed E-state index contributed by atoms with van der Waals surface area (Å²) in [6.45, 7) is 7.42. The van der Waals surface area contributed by atoms with Gasteiger partial charge in [-0.3, -0.25) is 14.5 Å². The number of aliphatic hydroxyl groups is 1. The van der Waals surface area contributed by atoms with E-state index in [1.165, 1.54) is 12.8 Å². The maximum atomic E-state index is 12.9. The highest BCUT2D eigenvalue weighted by atomic mass is 35.5. The first-order valence-electron chi connectivity index (χ1n) is 13.1. The number of amides is 2. The molecule has 3 aliphatic rings. The summed E-state index contributed by atoms with van der Waals surface area (Å²) in [5, 5.41) is 13.4. The smallest absolute Gasteiger partial charge is 0.226 e. The lowest BCUT2D eigenvalue weighted by Gasteiger charge is -2.41. The molecule has 3 fully saturated rings. The lowest BCUT2D eigenvalue weighted by molar-refractivity contribution is -0.140. The average Bonchev–Trinajstić information content (AvgIpc) is 3.33. The molecular formula is C27H40ClN3O3. The molecule has 0 bridgehead atoms. The zero-order valence-electron chi connectivity index (χ0n) is 20.7. The zero-order valence-corrected chi connectivity index (χ0v) is 21.4. The van der Waals surface area contributed by atoms with E-state index in [9.17, 15) is 14.7 Å².